The van der Waals surface area contributed by atoms with Crippen LogP contribution in [0, 0.1) is 15.9 Å². The zero-order valence-electron chi connectivity index (χ0n) is 14.3. The number of non-ortho nitro benzene ring substituents is 1. The number of carbonyl (C=O) groups excluding carboxylic acids is 3. The molecule has 28 heavy (non-hydrogen) atoms. The lowest BCUT2D eigenvalue weighted by molar-refractivity contribution is -0.384. The van der Waals surface area contributed by atoms with Crippen LogP contribution in [0.25, 0.3) is 0 Å². The van der Waals surface area contributed by atoms with Crippen molar-refractivity contribution in [2.75, 3.05) is 16.0 Å². The van der Waals surface area contributed by atoms with Crippen molar-refractivity contribution in [3.05, 3.63) is 64.5 Å². The van der Waals surface area contributed by atoms with E-state index < -0.39 is 27.8 Å². The fourth-order valence-electron chi connectivity index (χ4n) is 2.64. The Morgan fingerprint density at radius 1 is 1.18 bits per heavy atom. The molecule has 10 heteroatoms. The number of amides is 3. The number of nitrogens with one attached hydrogen (secondary N) is 1. The first-order valence-electron chi connectivity index (χ1n) is 8.13. The Kier molecular flexibility index (Phi) is 5.69. The van der Waals surface area contributed by atoms with Gasteiger partial charge in [0.25, 0.3) is 5.69 Å². The van der Waals surface area contributed by atoms with Crippen molar-refractivity contribution in [2.45, 2.75) is 11.7 Å². The maximum atomic E-state index is 12.9. The molecule has 0 aliphatic carbocycles. The average molecular weight is 403 g/mol. The van der Waals surface area contributed by atoms with E-state index in [1.165, 1.54) is 48.5 Å². The number of rotatable bonds is 6. The Bertz CT molecular complexity index is 933. The number of carbonyl (C=O) groups is 3. The summed E-state index contributed by atoms with van der Waals surface area (Å²) >= 11 is 1.03. The van der Waals surface area contributed by atoms with Crippen LogP contribution in [0.2, 0.25) is 0 Å². The molecular formula is C18H14FN3O5S. The number of nitro groups is 1. The summed E-state index contributed by atoms with van der Waals surface area (Å²) in [5, 5.41) is 12.6. The number of anilines is 2. The molecule has 1 saturated heterocycles. The first kappa shape index (κ1) is 19.5. The maximum Gasteiger partial charge on any atom is 0.269 e. The smallest absolute Gasteiger partial charge is 0.269 e. The molecule has 0 bridgehead atoms. The summed E-state index contributed by atoms with van der Waals surface area (Å²) in [7, 11) is 0. The third kappa shape index (κ3) is 4.34. The molecule has 144 valence electrons. The number of nitro benzene ring substituents is 1. The van der Waals surface area contributed by atoms with Crippen LogP contribution in [0.4, 0.5) is 21.5 Å². The van der Waals surface area contributed by atoms with Gasteiger partial charge < -0.3 is 5.32 Å². The van der Waals surface area contributed by atoms with Gasteiger partial charge in [-0.3, -0.25) is 24.5 Å². The zero-order valence-corrected chi connectivity index (χ0v) is 15.1. The monoisotopic (exact) mass is 403 g/mol. The standard InChI is InChI=1S/C18H14FN3O5S/c19-11-1-3-12(4-2-11)20-16(23)10-28-15-9-17(24)21(18(15)25)13-5-7-14(8-6-13)22(26)27/h1-8,15H,9-10H2,(H,20,23). The summed E-state index contributed by atoms with van der Waals surface area (Å²) < 4.78 is 12.9. The van der Waals surface area contributed by atoms with Gasteiger partial charge in [0.15, 0.2) is 0 Å². The molecular weight excluding hydrogens is 389 g/mol. The molecule has 1 heterocycles. The van der Waals surface area contributed by atoms with Gasteiger partial charge in [-0.2, -0.15) is 0 Å². The Labute approximate surface area is 162 Å². The molecule has 3 rings (SSSR count). The molecule has 1 unspecified atom stereocenters. The molecule has 0 spiro atoms. The van der Waals surface area contributed by atoms with Crippen molar-refractivity contribution in [1.82, 2.24) is 0 Å². The summed E-state index contributed by atoms with van der Waals surface area (Å²) in [4.78, 5) is 47.8. The number of benzene rings is 2. The van der Waals surface area contributed by atoms with Crippen LogP contribution in [-0.2, 0) is 14.4 Å². The lowest BCUT2D eigenvalue weighted by Gasteiger charge is -2.14. The SMILES string of the molecule is O=C(CSC1CC(=O)N(c2ccc([N+](=O)[O-])cc2)C1=O)Nc1ccc(F)cc1. The molecule has 2 aromatic carbocycles. The van der Waals surface area contributed by atoms with Gasteiger partial charge in [0.05, 0.1) is 21.6 Å². The van der Waals surface area contributed by atoms with Crippen LogP contribution in [0.15, 0.2) is 48.5 Å². The van der Waals surface area contributed by atoms with E-state index in [1.54, 1.807) is 0 Å². The van der Waals surface area contributed by atoms with E-state index in [4.69, 9.17) is 0 Å². The highest BCUT2D eigenvalue weighted by molar-refractivity contribution is 8.01. The van der Waals surface area contributed by atoms with E-state index in [1.807, 2.05) is 0 Å². The second-order valence-electron chi connectivity index (χ2n) is 5.90. The van der Waals surface area contributed by atoms with E-state index in [9.17, 15) is 28.9 Å². The van der Waals surface area contributed by atoms with Gasteiger partial charge >= 0.3 is 0 Å². The van der Waals surface area contributed by atoms with E-state index in [-0.39, 0.29) is 29.5 Å². The summed E-state index contributed by atoms with van der Waals surface area (Å²) in [5.41, 5.74) is 0.527. The first-order valence-corrected chi connectivity index (χ1v) is 9.18. The van der Waals surface area contributed by atoms with Gasteiger partial charge in [-0.25, -0.2) is 9.29 Å². The molecule has 0 saturated carbocycles. The molecule has 0 radical (unpaired) electrons. The normalized spacial score (nSPS) is 16.3. The van der Waals surface area contributed by atoms with E-state index in [2.05, 4.69) is 5.32 Å². The predicted molar refractivity (Wildman–Crippen MR) is 101 cm³/mol. The average Bonchev–Trinajstić information content (AvgIpc) is 2.95. The summed E-state index contributed by atoms with van der Waals surface area (Å²) in [6, 6.07) is 10.4. The molecule has 1 fully saturated rings. The predicted octanol–water partition coefficient (Wildman–Crippen LogP) is 2.74. The lowest BCUT2D eigenvalue weighted by atomic mass is 10.2. The number of nitrogens with zero attached hydrogens (tertiary/aromatic N) is 2. The van der Waals surface area contributed by atoms with Crippen LogP contribution < -0.4 is 10.2 Å². The summed E-state index contributed by atoms with van der Waals surface area (Å²) in [6.45, 7) is 0. The highest BCUT2D eigenvalue weighted by Gasteiger charge is 2.40. The lowest BCUT2D eigenvalue weighted by Crippen LogP contribution is -2.31. The topological polar surface area (TPSA) is 110 Å². The second kappa shape index (κ2) is 8.17. The van der Waals surface area contributed by atoms with Gasteiger partial charge in [-0.1, -0.05) is 0 Å². The van der Waals surface area contributed by atoms with Crippen molar-refractivity contribution in [3.8, 4) is 0 Å². The van der Waals surface area contributed by atoms with Crippen molar-refractivity contribution in [2.24, 2.45) is 0 Å². The minimum Gasteiger partial charge on any atom is -0.325 e. The van der Waals surface area contributed by atoms with E-state index >= 15 is 0 Å². The van der Waals surface area contributed by atoms with Gasteiger partial charge in [0, 0.05) is 24.2 Å². The molecule has 1 atom stereocenters. The maximum absolute atomic E-state index is 12.9. The van der Waals surface area contributed by atoms with Crippen LogP contribution in [0.1, 0.15) is 6.42 Å². The fraction of sp³-hybridized carbons (Fsp3) is 0.167. The number of hydrogen-bond donors (Lipinski definition) is 1. The van der Waals surface area contributed by atoms with Crippen molar-refractivity contribution < 1.29 is 23.7 Å². The molecule has 1 N–H and O–H groups in total. The Morgan fingerprint density at radius 3 is 2.43 bits per heavy atom. The minimum atomic E-state index is -0.721. The van der Waals surface area contributed by atoms with E-state index in [0.29, 0.717) is 5.69 Å². The van der Waals surface area contributed by atoms with Crippen molar-refractivity contribution >= 4 is 46.5 Å². The number of imide groups is 1. The van der Waals surface area contributed by atoms with Gasteiger partial charge in [0.1, 0.15) is 5.82 Å². The Hall–Kier alpha value is -3.27. The molecule has 8 nitrogen and oxygen atoms in total. The van der Waals surface area contributed by atoms with Crippen LogP contribution in [0.5, 0.6) is 0 Å². The molecule has 2 aromatic rings. The quantitative estimate of drug-likeness (QED) is 0.451. The molecule has 1 aliphatic heterocycles. The second-order valence-corrected chi connectivity index (χ2v) is 7.09. The molecule has 1 aliphatic rings. The zero-order chi connectivity index (χ0) is 20.3. The fourth-order valence-corrected chi connectivity index (χ4v) is 3.57. The van der Waals surface area contributed by atoms with Crippen LogP contribution >= 0.6 is 11.8 Å². The number of hydrogen-bond acceptors (Lipinski definition) is 6. The van der Waals surface area contributed by atoms with Gasteiger partial charge in [-0.15, -0.1) is 11.8 Å². The van der Waals surface area contributed by atoms with Crippen LogP contribution in [-0.4, -0.2) is 33.6 Å². The third-order valence-electron chi connectivity index (χ3n) is 3.97. The highest BCUT2D eigenvalue weighted by Crippen LogP contribution is 2.30. The Balaban J connectivity index is 1.59. The Morgan fingerprint density at radius 2 is 1.82 bits per heavy atom. The largest absolute Gasteiger partial charge is 0.325 e. The van der Waals surface area contributed by atoms with Gasteiger partial charge in [0.2, 0.25) is 17.7 Å². The molecule has 3 amide bonds. The summed E-state index contributed by atoms with van der Waals surface area (Å²) in [6.07, 6.45) is -0.0652. The molecule has 0 aromatic heterocycles. The summed E-state index contributed by atoms with van der Waals surface area (Å²) in [5.74, 6) is -1.78. The van der Waals surface area contributed by atoms with Crippen LogP contribution in [0.3, 0.4) is 0 Å². The minimum absolute atomic E-state index is 0.0604. The first-order chi connectivity index (χ1) is 13.3. The van der Waals surface area contributed by atoms with Crippen molar-refractivity contribution in [1.29, 1.82) is 0 Å². The van der Waals surface area contributed by atoms with Crippen molar-refractivity contribution in [3.63, 3.8) is 0 Å². The van der Waals surface area contributed by atoms with Gasteiger partial charge in [-0.05, 0) is 36.4 Å². The number of halogens is 1. The highest BCUT2D eigenvalue weighted by atomic mass is 32.2. The third-order valence-corrected chi connectivity index (χ3v) is 5.17. The number of thioether (sulfide) groups is 1. The van der Waals surface area contributed by atoms with E-state index in [0.717, 1.165) is 16.7 Å².